The molecule has 0 fully saturated rings. The Bertz CT molecular complexity index is 223. The quantitative estimate of drug-likeness (QED) is 0.515. The summed E-state index contributed by atoms with van der Waals surface area (Å²) in [5.74, 6) is 1.05. The van der Waals surface area contributed by atoms with E-state index in [4.69, 9.17) is 0 Å². The maximum absolute atomic E-state index is 12.4. The fraction of sp³-hybridized carbons (Fsp3) is 0.941. The smallest absolute Gasteiger partial charge is 0.222 e. The molecule has 0 aromatic rings. The van der Waals surface area contributed by atoms with Gasteiger partial charge < -0.3 is 4.90 Å². The van der Waals surface area contributed by atoms with Crippen LogP contribution in [-0.4, -0.2) is 23.4 Å². The van der Waals surface area contributed by atoms with Gasteiger partial charge in [0.05, 0.1) is 0 Å². The molecule has 1 amide bonds. The van der Waals surface area contributed by atoms with E-state index in [1.165, 1.54) is 25.7 Å². The van der Waals surface area contributed by atoms with Crippen molar-refractivity contribution in [1.82, 2.24) is 4.90 Å². The zero-order chi connectivity index (χ0) is 14.7. The van der Waals surface area contributed by atoms with Crippen molar-refractivity contribution < 1.29 is 4.79 Å². The van der Waals surface area contributed by atoms with Gasteiger partial charge in [0, 0.05) is 19.0 Å². The second-order valence-corrected chi connectivity index (χ2v) is 5.68. The van der Waals surface area contributed by atoms with Crippen molar-refractivity contribution in [3.63, 3.8) is 0 Å². The first-order valence-corrected chi connectivity index (χ1v) is 8.43. The summed E-state index contributed by atoms with van der Waals surface area (Å²) in [6, 6.07) is 0.440. The molecule has 2 nitrogen and oxygen atoms in total. The lowest BCUT2D eigenvalue weighted by molar-refractivity contribution is -0.134. The number of rotatable bonds is 11. The van der Waals surface area contributed by atoms with Crippen LogP contribution in [0.15, 0.2) is 0 Å². The molecule has 0 spiro atoms. The minimum atomic E-state index is 0.367. The summed E-state index contributed by atoms with van der Waals surface area (Å²) in [5, 5.41) is 0. The van der Waals surface area contributed by atoms with Gasteiger partial charge in [-0.1, -0.05) is 53.9 Å². The van der Waals surface area contributed by atoms with Crippen molar-refractivity contribution in [1.29, 1.82) is 0 Å². The highest BCUT2D eigenvalue weighted by molar-refractivity contribution is 5.76. The Morgan fingerprint density at radius 3 is 2.00 bits per heavy atom. The molecule has 0 aliphatic rings. The van der Waals surface area contributed by atoms with Gasteiger partial charge in [0.2, 0.25) is 5.91 Å². The lowest BCUT2D eigenvalue weighted by atomic mass is 9.97. The molecule has 0 rings (SSSR count). The van der Waals surface area contributed by atoms with Crippen LogP contribution < -0.4 is 0 Å². The van der Waals surface area contributed by atoms with Crippen LogP contribution in [0.2, 0.25) is 0 Å². The number of carbonyl (C=O) groups is 1. The van der Waals surface area contributed by atoms with Crippen molar-refractivity contribution >= 4 is 5.91 Å². The van der Waals surface area contributed by atoms with E-state index < -0.39 is 0 Å². The third-order valence-electron chi connectivity index (χ3n) is 4.17. The van der Waals surface area contributed by atoms with Crippen LogP contribution in [0.3, 0.4) is 0 Å². The highest BCUT2D eigenvalue weighted by atomic mass is 16.2. The van der Waals surface area contributed by atoms with Gasteiger partial charge >= 0.3 is 0 Å². The number of unbranched alkanes of at least 4 members (excludes halogenated alkanes) is 1. The highest BCUT2D eigenvalue weighted by Gasteiger charge is 2.22. The van der Waals surface area contributed by atoms with Crippen molar-refractivity contribution in [3.8, 4) is 0 Å². The predicted octanol–water partition coefficient (Wildman–Crippen LogP) is 5.02. The third-order valence-corrected chi connectivity index (χ3v) is 4.17. The Morgan fingerprint density at radius 1 is 0.947 bits per heavy atom. The average Bonchev–Trinajstić information content (AvgIpc) is 2.42. The fourth-order valence-electron chi connectivity index (χ4n) is 2.74. The number of hydrogen-bond donors (Lipinski definition) is 0. The Balaban J connectivity index is 4.66. The second-order valence-electron chi connectivity index (χ2n) is 5.68. The number of amides is 1. The van der Waals surface area contributed by atoms with Crippen LogP contribution in [0.4, 0.5) is 0 Å². The normalized spacial score (nSPS) is 12.7. The highest BCUT2D eigenvalue weighted by Crippen LogP contribution is 2.19. The predicted molar refractivity (Wildman–Crippen MR) is 84.3 cm³/mol. The SMILES string of the molecule is CCCCC(CC)CN(C(=O)CCC)C(CC)CC. The van der Waals surface area contributed by atoms with Crippen molar-refractivity contribution in [2.75, 3.05) is 6.54 Å². The summed E-state index contributed by atoms with van der Waals surface area (Å²) in [4.78, 5) is 14.5. The van der Waals surface area contributed by atoms with Gasteiger partial charge in [-0.15, -0.1) is 0 Å². The third kappa shape index (κ3) is 6.98. The summed E-state index contributed by atoms with van der Waals surface area (Å²) in [5.41, 5.74) is 0. The van der Waals surface area contributed by atoms with Crippen molar-refractivity contribution in [2.45, 2.75) is 92.0 Å². The standard InChI is InChI=1S/C17H35NO/c1-6-11-13-15(8-3)14-18(16(9-4)10-5)17(19)12-7-2/h15-16H,6-14H2,1-5H3. The molecule has 2 heteroatoms. The van der Waals surface area contributed by atoms with Gasteiger partial charge in [-0.05, 0) is 31.6 Å². The topological polar surface area (TPSA) is 20.3 Å². The summed E-state index contributed by atoms with van der Waals surface area (Å²) in [7, 11) is 0. The number of carbonyl (C=O) groups excluding carboxylic acids is 1. The zero-order valence-corrected chi connectivity index (χ0v) is 13.9. The van der Waals surface area contributed by atoms with Gasteiger partial charge in [0.1, 0.15) is 0 Å². The molecule has 0 aromatic heterocycles. The molecule has 19 heavy (non-hydrogen) atoms. The fourth-order valence-corrected chi connectivity index (χ4v) is 2.74. The summed E-state index contributed by atoms with van der Waals surface area (Å²) < 4.78 is 0. The molecule has 0 N–H and O–H groups in total. The van der Waals surface area contributed by atoms with Crippen LogP contribution >= 0.6 is 0 Å². The van der Waals surface area contributed by atoms with Crippen LogP contribution in [0.1, 0.15) is 86.0 Å². The van der Waals surface area contributed by atoms with Gasteiger partial charge in [-0.3, -0.25) is 4.79 Å². The lowest BCUT2D eigenvalue weighted by Gasteiger charge is -2.34. The second kappa shape index (κ2) is 11.3. The van der Waals surface area contributed by atoms with E-state index in [2.05, 4.69) is 39.5 Å². The molecular weight excluding hydrogens is 234 g/mol. The minimum Gasteiger partial charge on any atom is -0.339 e. The Kier molecular flexibility index (Phi) is 11.0. The molecule has 0 heterocycles. The van der Waals surface area contributed by atoms with Gasteiger partial charge in [0.25, 0.3) is 0 Å². The molecule has 0 aromatic carbocycles. The van der Waals surface area contributed by atoms with E-state index in [0.29, 0.717) is 24.3 Å². The van der Waals surface area contributed by atoms with E-state index >= 15 is 0 Å². The van der Waals surface area contributed by atoms with Crippen LogP contribution in [0.25, 0.3) is 0 Å². The van der Waals surface area contributed by atoms with E-state index in [0.717, 1.165) is 25.8 Å². The molecule has 0 bridgehead atoms. The first-order valence-electron chi connectivity index (χ1n) is 8.43. The van der Waals surface area contributed by atoms with Gasteiger partial charge in [0.15, 0.2) is 0 Å². The van der Waals surface area contributed by atoms with Crippen LogP contribution in [0, 0.1) is 5.92 Å². The van der Waals surface area contributed by atoms with Crippen LogP contribution in [0.5, 0.6) is 0 Å². The molecule has 0 saturated carbocycles. The molecule has 0 aliphatic carbocycles. The molecule has 114 valence electrons. The van der Waals surface area contributed by atoms with E-state index in [1.54, 1.807) is 0 Å². The molecule has 0 aliphatic heterocycles. The number of nitrogens with zero attached hydrogens (tertiary/aromatic N) is 1. The summed E-state index contributed by atoms with van der Waals surface area (Å²) in [6.07, 6.45) is 8.83. The Hall–Kier alpha value is -0.530. The monoisotopic (exact) mass is 269 g/mol. The largest absolute Gasteiger partial charge is 0.339 e. The van der Waals surface area contributed by atoms with E-state index in [-0.39, 0.29) is 0 Å². The van der Waals surface area contributed by atoms with Gasteiger partial charge in [-0.2, -0.15) is 0 Å². The zero-order valence-electron chi connectivity index (χ0n) is 13.9. The average molecular weight is 269 g/mol. The van der Waals surface area contributed by atoms with Crippen molar-refractivity contribution in [2.24, 2.45) is 5.92 Å². The first-order chi connectivity index (χ1) is 9.14. The van der Waals surface area contributed by atoms with E-state index in [9.17, 15) is 4.79 Å². The molecule has 1 unspecified atom stereocenters. The summed E-state index contributed by atoms with van der Waals surface area (Å²) in [6.45, 7) is 12.0. The first kappa shape index (κ1) is 18.5. The maximum Gasteiger partial charge on any atom is 0.222 e. The molecular formula is C17H35NO. The van der Waals surface area contributed by atoms with E-state index in [1.807, 2.05) is 0 Å². The molecule has 0 radical (unpaired) electrons. The minimum absolute atomic E-state index is 0.367. The maximum atomic E-state index is 12.4. The van der Waals surface area contributed by atoms with Crippen LogP contribution in [-0.2, 0) is 4.79 Å². The number of hydrogen-bond acceptors (Lipinski definition) is 1. The molecule has 0 saturated heterocycles. The lowest BCUT2D eigenvalue weighted by Crippen LogP contribution is -2.42. The Morgan fingerprint density at radius 2 is 1.58 bits per heavy atom. The molecule has 1 atom stereocenters. The Labute approximate surface area is 120 Å². The van der Waals surface area contributed by atoms with Gasteiger partial charge in [-0.25, -0.2) is 0 Å². The van der Waals surface area contributed by atoms with Crippen molar-refractivity contribution in [3.05, 3.63) is 0 Å². The summed E-state index contributed by atoms with van der Waals surface area (Å²) >= 11 is 0.